The fourth-order valence-corrected chi connectivity index (χ4v) is 5.15. The van der Waals surface area contributed by atoms with E-state index in [-0.39, 0.29) is 41.6 Å². The molecule has 4 aromatic rings. The molecule has 11 heteroatoms. The van der Waals surface area contributed by atoms with Crippen LogP contribution in [0.15, 0.2) is 76.7 Å². The Labute approximate surface area is 209 Å². The minimum atomic E-state index is -3.81. The van der Waals surface area contributed by atoms with Gasteiger partial charge in [-0.1, -0.05) is 18.2 Å². The monoisotopic (exact) mass is 515 g/mol. The number of pyridine rings is 2. The lowest BCUT2D eigenvalue weighted by Crippen LogP contribution is -2.31. The average molecular weight is 516 g/mol. The molecule has 0 radical (unpaired) electrons. The van der Waals surface area contributed by atoms with Crippen LogP contribution in [0.25, 0.3) is 5.82 Å². The van der Waals surface area contributed by atoms with Crippen LogP contribution >= 0.6 is 12.4 Å². The lowest BCUT2D eigenvalue weighted by atomic mass is 10.1. The van der Waals surface area contributed by atoms with Crippen LogP contribution in [0.1, 0.15) is 23.9 Å². The van der Waals surface area contributed by atoms with Crippen LogP contribution in [-0.4, -0.2) is 41.8 Å². The van der Waals surface area contributed by atoms with Gasteiger partial charge in [0.1, 0.15) is 10.6 Å². The number of para-hydroxylation sites is 1. The normalized spacial score (nSPS) is 11.1. The van der Waals surface area contributed by atoms with Gasteiger partial charge in [0.15, 0.2) is 5.82 Å². The van der Waals surface area contributed by atoms with E-state index in [2.05, 4.69) is 15.1 Å². The van der Waals surface area contributed by atoms with Crippen molar-refractivity contribution in [3.05, 3.63) is 94.3 Å². The molecule has 1 N–H and O–H groups in total. The highest BCUT2D eigenvalue weighted by atomic mass is 35.5. The van der Waals surface area contributed by atoms with Crippen molar-refractivity contribution < 1.29 is 13.2 Å². The fourth-order valence-electron chi connectivity index (χ4n) is 3.73. The first kappa shape index (κ1) is 26.0. The topological polar surface area (TPSA) is 110 Å². The molecule has 9 nitrogen and oxygen atoms in total. The number of aromatic nitrogens is 4. The van der Waals surface area contributed by atoms with Crippen LogP contribution in [0.5, 0.6) is 5.75 Å². The number of ether oxygens (including phenoxy) is 1. The molecular weight excluding hydrogens is 490 g/mol. The number of aromatic amines is 1. The Bertz CT molecular complexity index is 1450. The van der Waals surface area contributed by atoms with Gasteiger partial charge in [-0.2, -0.15) is 0 Å². The second-order valence-electron chi connectivity index (χ2n) is 7.54. The second-order valence-corrected chi connectivity index (χ2v) is 9.40. The van der Waals surface area contributed by atoms with Crippen LogP contribution in [0, 0.1) is 6.92 Å². The molecule has 4 rings (SSSR count). The Morgan fingerprint density at radius 2 is 1.80 bits per heavy atom. The lowest BCUT2D eigenvalue weighted by molar-refractivity contribution is 0.408. The molecule has 0 fully saturated rings. The van der Waals surface area contributed by atoms with Crippen molar-refractivity contribution in [3.8, 4) is 11.6 Å². The number of halogens is 1. The first-order valence-corrected chi connectivity index (χ1v) is 12.1. The third-order valence-electron chi connectivity index (χ3n) is 5.48. The molecule has 1 aromatic carbocycles. The van der Waals surface area contributed by atoms with Crippen molar-refractivity contribution in [1.29, 1.82) is 0 Å². The van der Waals surface area contributed by atoms with E-state index in [0.29, 0.717) is 28.4 Å². The van der Waals surface area contributed by atoms with Crippen LogP contribution in [0.3, 0.4) is 0 Å². The van der Waals surface area contributed by atoms with Gasteiger partial charge in [-0.3, -0.25) is 19.2 Å². The minimum absolute atomic E-state index is 0. The maximum atomic E-state index is 13.2. The third-order valence-corrected chi connectivity index (χ3v) is 7.36. The van der Waals surface area contributed by atoms with E-state index in [1.165, 1.54) is 27.3 Å². The molecule has 0 aliphatic rings. The minimum Gasteiger partial charge on any atom is -0.495 e. The van der Waals surface area contributed by atoms with Gasteiger partial charge in [-0.25, -0.2) is 18.1 Å². The summed E-state index contributed by atoms with van der Waals surface area (Å²) < 4.78 is 34.3. The van der Waals surface area contributed by atoms with Gasteiger partial charge in [-0.15, -0.1) is 12.4 Å². The van der Waals surface area contributed by atoms with Crippen molar-refractivity contribution in [3.63, 3.8) is 0 Å². The smallest absolute Gasteiger partial charge is 0.276 e. The number of nitrogens with one attached hydrogen (secondary N) is 1. The molecule has 0 bridgehead atoms. The third kappa shape index (κ3) is 5.08. The summed E-state index contributed by atoms with van der Waals surface area (Å²) >= 11 is 0. The number of hydrogen-bond acceptors (Lipinski definition) is 6. The summed E-state index contributed by atoms with van der Waals surface area (Å²) in [7, 11) is -2.26. The molecule has 3 heterocycles. The highest BCUT2D eigenvalue weighted by Gasteiger charge is 2.24. The first-order valence-electron chi connectivity index (χ1n) is 10.7. The summed E-state index contributed by atoms with van der Waals surface area (Å²) in [6.07, 6.45) is 3.20. The van der Waals surface area contributed by atoms with E-state index in [9.17, 15) is 13.2 Å². The summed E-state index contributed by atoms with van der Waals surface area (Å²) in [6.45, 7) is 3.83. The molecule has 0 saturated heterocycles. The second kappa shape index (κ2) is 10.7. The zero-order valence-corrected chi connectivity index (χ0v) is 21.1. The zero-order chi connectivity index (χ0) is 24.3. The Kier molecular flexibility index (Phi) is 7.98. The quantitative estimate of drug-likeness (QED) is 0.384. The molecule has 0 unspecified atom stereocenters. The summed E-state index contributed by atoms with van der Waals surface area (Å²) in [4.78, 5) is 21.7. The van der Waals surface area contributed by atoms with E-state index in [1.54, 1.807) is 63.6 Å². The predicted molar refractivity (Wildman–Crippen MR) is 136 cm³/mol. The molecule has 0 aliphatic heterocycles. The van der Waals surface area contributed by atoms with Gasteiger partial charge in [-0.05, 0) is 50.2 Å². The molecule has 0 aliphatic carbocycles. The molecular formula is C24H26ClN5O4S. The Morgan fingerprint density at radius 1 is 1.06 bits per heavy atom. The summed E-state index contributed by atoms with van der Waals surface area (Å²) in [5.41, 5.74) is 2.12. The van der Waals surface area contributed by atoms with Crippen LogP contribution in [0.4, 0.5) is 5.69 Å². The van der Waals surface area contributed by atoms with E-state index >= 15 is 0 Å². The van der Waals surface area contributed by atoms with Crippen LogP contribution < -0.4 is 14.6 Å². The number of methoxy groups -OCH3 is 1. The molecule has 0 amide bonds. The number of sulfonamides is 1. The van der Waals surface area contributed by atoms with E-state index in [4.69, 9.17) is 4.74 Å². The maximum Gasteiger partial charge on any atom is 0.276 e. The number of hydrogen-bond donors (Lipinski definition) is 1. The highest BCUT2D eigenvalue weighted by molar-refractivity contribution is 7.92. The van der Waals surface area contributed by atoms with Gasteiger partial charge in [0.05, 0.1) is 18.5 Å². The predicted octanol–water partition coefficient (Wildman–Crippen LogP) is 3.50. The van der Waals surface area contributed by atoms with Crippen LogP contribution in [-0.2, 0) is 16.4 Å². The average Bonchev–Trinajstić information content (AvgIpc) is 3.14. The summed E-state index contributed by atoms with van der Waals surface area (Å²) in [6, 6.07) is 15.4. The van der Waals surface area contributed by atoms with Gasteiger partial charge < -0.3 is 4.74 Å². The SMILES string of the molecule is CCN(c1ccccc1)S(=O)(=O)c1ccc(-n2[nH]c(C)c(Cc3ncccc3OC)c2=O)nc1.Cl. The zero-order valence-electron chi connectivity index (χ0n) is 19.5. The van der Waals surface area contributed by atoms with Crippen molar-refractivity contribution >= 4 is 28.1 Å². The lowest BCUT2D eigenvalue weighted by Gasteiger charge is -2.22. The van der Waals surface area contributed by atoms with Gasteiger partial charge in [0, 0.05) is 36.6 Å². The molecule has 3 aromatic heterocycles. The Balaban J connectivity index is 0.00000342. The molecule has 35 heavy (non-hydrogen) atoms. The van der Waals surface area contributed by atoms with Gasteiger partial charge in [0.2, 0.25) is 0 Å². The summed E-state index contributed by atoms with van der Waals surface area (Å²) in [5, 5.41) is 3.02. The van der Waals surface area contributed by atoms with Crippen molar-refractivity contribution in [2.75, 3.05) is 18.0 Å². The Morgan fingerprint density at radius 3 is 2.43 bits per heavy atom. The van der Waals surface area contributed by atoms with E-state index in [0.717, 1.165) is 0 Å². The van der Waals surface area contributed by atoms with E-state index in [1.807, 2.05) is 6.07 Å². The number of aryl methyl sites for hydroxylation is 1. The molecule has 0 saturated carbocycles. The molecule has 0 spiro atoms. The first-order chi connectivity index (χ1) is 16.4. The van der Waals surface area contributed by atoms with Crippen molar-refractivity contribution in [2.24, 2.45) is 0 Å². The van der Waals surface area contributed by atoms with E-state index < -0.39 is 10.0 Å². The number of benzene rings is 1. The van der Waals surface area contributed by atoms with Crippen LogP contribution in [0.2, 0.25) is 0 Å². The molecule has 184 valence electrons. The molecule has 0 atom stereocenters. The maximum absolute atomic E-state index is 13.2. The largest absolute Gasteiger partial charge is 0.495 e. The Hall–Kier alpha value is -3.63. The van der Waals surface area contributed by atoms with Crippen molar-refractivity contribution in [1.82, 2.24) is 19.7 Å². The number of rotatable bonds is 8. The number of nitrogens with zero attached hydrogens (tertiary/aromatic N) is 4. The van der Waals surface area contributed by atoms with Gasteiger partial charge >= 0.3 is 0 Å². The van der Waals surface area contributed by atoms with Crippen molar-refractivity contribution in [2.45, 2.75) is 25.2 Å². The standard InChI is InChI=1S/C24H25N5O4S.ClH/c1-4-28(18-9-6-5-7-10-18)34(31,32)19-12-13-23(26-16-19)29-24(30)20(17(2)27-29)15-21-22(33-3)11-8-14-25-21;/h5-14,16,27H,4,15H2,1-3H3;1H. The fraction of sp³-hybridized carbons (Fsp3) is 0.208. The van der Waals surface area contributed by atoms with Gasteiger partial charge in [0.25, 0.3) is 15.6 Å². The summed E-state index contributed by atoms with van der Waals surface area (Å²) in [5.74, 6) is 0.884. The number of H-pyrrole nitrogens is 1. The number of anilines is 1. The highest BCUT2D eigenvalue weighted by Crippen LogP contribution is 2.23.